The summed E-state index contributed by atoms with van der Waals surface area (Å²) in [5, 5.41) is 19.3. The Kier molecular flexibility index (Phi) is 4.87. The standard InChI is InChI=1S/C18H11ClN6OS/c19-13-4-1-3-12(7-13)17-23-24-18(25(17)11-15-5-2-6-26-15)27-16-10-21-14(8-20)9-22-16/h1-7,9-10H,11H2. The van der Waals surface area contributed by atoms with Gasteiger partial charge in [-0.1, -0.05) is 23.7 Å². The van der Waals surface area contributed by atoms with Gasteiger partial charge in [0.15, 0.2) is 16.7 Å². The smallest absolute Gasteiger partial charge is 0.198 e. The average Bonchev–Trinajstić information content (AvgIpc) is 3.33. The predicted molar refractivity (Wildman–Crippen MR) is 99.1 cm³/mol. The van der Waals surface area contributed by atoms with Gasteiger partial charge in [0.2, 0.25) is 0 Å². The molecule has 0 fully saturated rings. The van der Waals surface area contributed by atoms with Gasteiger partial charge in [0.25, 0.3) is 0 Å². The maximum absolute atomic E-state index is 8.85. The van der Waals surface area contributed by atoms with E-state index in [1.54, 1.807) is 12.3 Å². The van der Waals surface area contributed by atoms with Crippen molar-refractivity contribution in [3.63, 3.8) is 0 Å². The van der Waals surface area contributed by atoms with Crippen molar-refractivity contribution in [1.82, 2.24) is 24.7 Å². The summed E-state index contributed by atoms with van der Waals surface area (Å²) < 4.78 is 7.41. The number of hydrogen-bond donors (Lipinski definition) is 0. The Morgan fingerprint density at radius 3 is 2.78 bits per heavy atom. The molecule has 27 heavy (non-hydrogen) atoms. The summed E-state index contributed by atoms with van der Waals surface area (Å²) in [4.78, 5) is 8.27. The molecule has 0 aliphatic heterocycles. The second-order valence-corrected chi connectivity index (χ2v) is 6.86. The predicted octanol–water partition coefficient (Wildman–Crippen LogP) is 4.05. The van der Waals surface area contributed by atoms with Gasteiger partial charge in [0.1, 0.15) is 16.9 Å². The van der Waals surface area contributed by atoms with Gasteiger partial charge in [-0.3, -0.25) is 4.57 Å². The van der Waals surface area contributed by atoms with Crippen LogP contribution < -0.4 is 0 Å². The second kappa shape index (κ2) is 7.61. The van der Waals surface area contributed by atoms with Gasteiger partial charge in [-0.25, -0.2) is 9.97 Å². The van der Waals surface area contributed by atoms with Crippen LogP contribution in [0.5, 0.6) is 0 Å². The molecule has 0 unspecified atom stereocenters. The number of furan rings is 1. The molecular weight excluding hydrogens is 384 g/mol. The van der Waals surface area contributed by atoms with Gasteiger partial charge in [-0.15, -0.1) is 10.2 Å². The van der Waals surface area contributed by atoms with E-state index in [2.05, 4.69) is 20.2 Å². The lowest BCUT2D eigenvalue weighted by Gasteiger charge is -2.08. The lowest BCUT2D eigenvalue weighted by Crippen LogP contribution is -2.03. The van der Waals surface area contributed by atoms with Crippen LogP contribution in [0.3, 0.4) is 0 Å². The molecule has 132 valence electrons. The van der Waals surface area contributed by atoms with Crippen molar-refractivity contribution >= 4 is 23.4 Å². The van der Waals surface area contributed by atoms with Crippen LogP contribution in [-0.4, -0.2) is 24.7 Å². The SMILES string of the molecule is N#Cc1cnc(Sc2nnc(-c3cccc(Cl)c3)n2Cc2ccco2)cn1. The third-order valence-corrected chi connectivity index (χ3v) is 4.77. The van der Waals surface area contributed by atoms with E-state index in [1.165, 1.54) is 24.2 Å². The number of nitrogens with zero attached hydrogens (tertiary/aromatic N) is 6. The van der Waals surface area contributed by atoms with Gasteiger partial charge in [-0.2, -0.15) is 5.26 Å². The Labute approximate surface area is 163 Å². The molecule has 0 radical (unpaired) electrons. The molecule has 7 nitrogen and oxygen atoms in total. The van der Waals surface area contributed by atoms with Gasteiger partial charge in [-0.05, 0) is 36.0 Å². The van der Waals surface area contributed by atoms with Gasteiger partial charge >= 0.3 is 0 Å². The molecule has 3 aromatic heterocycles. The van der Waals surface area contributed by atoms with Gasteiger partial charge in [0.05, 0.1) is 25.2 Å². The monoisotopic (exact) mass is 394 g/mol. The fourth-order valence-electron chi connectivity index (χ4n) is 2.43. The summed E-state index contributed by atoms with van der Waals surface area (Å²) in [7, 11) is 0. The minimum Gasteiger partial charge on any atom is -0.467 e. The van der Waals surface area contributed by atoms with E-state index in [9.17, 15) is 0 Å². The van der Waals surface area contributed by atoms with E-state index < -0.39 is 0 Å². The first-order chi connectivity index (χ1) is 13.2. The topological polar surface area (TPSA) is 93.4 Å². The number of halogens is 1. The molecule has 0 bridgehead atoms. The molecule has 0 N–H and O–H groups in total. The number of hydrogen-bond acceptors (Lipinski definition) is 7. The van der Waals surface area contributed by atoms with E-state index in [0.717, 1.165) is 11.3 Å². The Morgan fingerprint density at radius 2 is 2.07 bits per heavy atom. The highest BCUT2D eigenvalue weighted by Crippen LogP contribution is 2.30. The molecule has 0 saturated heterocycles. The molecule has 4 rings (SSSR count). The molecule has 0 aliphatic carbocycles. The van der Waals surface area contributed by atoms with Gasteiger partial charge in [0, 0.05) is 10.6 Å². The van der Waals surface area contributed by atoms with Crippen LogP contribution in [0.15, 0.2) is 69.7 Å². The first-order valence-corrected chi connectivity index (χ1v) is 9.04. The molecule has 0 saturated carbocycles. The first-order valence-electron chi connectivity index (χ1n) is 7.84. The third-order valence-electron chi connectivity index (χ3n) is 3.63. The van der Waals surface area contributed by atoms with E-state index in [1.807, 2.05) is 41.0 Å². The van der Waals surface area contributed by atoms with Crippen molar-refractivity contribution < 1.29 is 4.42 Å². The normalized spacial score (nSPS) is 10.7. The van der Waals surface area contributed by atoms with Crippen molar-refractivity contribution in [3.8, 4) is 17.5 Å². The van der Waals surface area contributed by atoms with Crippen LogP contribution in [0.2, 0.25) is 5.02 Å². The summed E-state index contributed by atoms with van der Waals surface area (Å²) >= 11 is 7.44. The molecule has 0 atom stereocenters. The van der Waals surface area contributed by atoms with Crippen LogP contribution in [0.25, 0.3) is 11.4 Å². The lowest BCUT2D eigenvalue weighted by molar-refractivity contribution is 0.485. The van der Waals surface area contributed by atoms with Gasteiger partial charge < -0.3 is 4.42 Å². The van der Waals surface area contributed by atoms with E-state index in [0.29, 0.717) is 27.6 Å². The number of benzene rings is 1. The highest BCUT2D eigenvalue weighted by atomic mass is 35.5. The number of aromatic nitrogens is 5. The summed E-state index contributed by atoms with van der Waals surface area (Å²) in [6.07, 6.45) is 4.58. The van der Waals surface area contributed by atoms with Crippen molar-refractivity contribution in [2.45, 2.75) is 16.7 Å². The number of rotatable bonds is 5. The largest absolute Gasteiger partial charge is 0.467 e. The fourth-order valence-corrected chi connectivity index (χ4v) is 3.36. The van der Waals surface area contributed by atoms with E-state index in [4.69, 9.17) is 21.3 Å². The lowest BCUT2D eigenvalue weighted by atomic mass is 10.2. The summed E-state index contributed by atoms with van der Waals surface area (Å²) in [5.41, 5.74) is 1.11. The van der Waals surface area contributed by atoms with Crippen LogP contribution in [0.4, 0.5) is 0 Å². The third kappa shape index (κ3) is 3.84. The Morgan fingerprint density at radius 1 is 1.15 bits per heavy atom. The minimum atomic E-state index is 0.260. The summed E-state index contributed by atoms with van der Waals surface area (Å²) in [6.45, 7) is 0.452. The van der Waals surface area contributed by atoms with Crippen molar-refractivity contribution in [2.24, 2.45) is 0 Å². The highest BCUT2D eigenvalue weighted by Gasteiger charge is 2.17. The average molecular weight is 395 g/mol. The molecular formula is C18H11ClN6OS. The van der Waals surface area contributed by atoms with Crippen molar-refractivity contribution in [1.29, 1.82) is 5.26 Å². The number of nitriles is 1. The van der Waals surface area contributed by atoms with Crippen LogP contribution in [-0.2, 0) is 6.54 Å². The Hall–Kier alpha value is -3.15. The fraction of sp³-hybridized carbons (Fsp3) is 0.0556. The molecule has 4 aromatic rings. The second-order valence-electron chi connectivity index (χ2n) is 5.44. The summed E-state index contributed by atoms with van der Waals surface area (Å²) in [6, 6.07) is 13.1. The van der Waals surface area contributed by atoms with Crippen LogP contribution in [0.1, 0.15) is 11.5 Å². The highest BCUT2D eigenvalue weighted by molar-refractivity contribution is 7.99. The quantitative estimate of drug-likeness (QED) is 0.504. The molecule has 9 heteroatoms. The minimum absolute atomic E-state index is 0.260. The zero-order valence-corrected chi connectivity index (χ0v) is 15.4. The maximum atomic E-state index is 8.85. The summed E-state index contributed by atoms with van der Waals surface area (Å²) in [5.74, 6) is 1.43. The van der Waals surface area contributed by atoms with Crippen molar-refractivity contribution in [2.75, 3.05) is 0 Å². The van der Waals surface area contributed by atoms with E-state index in [-0.39, 0.29) is 5.69 Å². The molecule has 0 aliphatic rings. The molecule has 1 aromatic carbocycles. The Balaban J connectivity index is 1.73. The zero-order valence-electron chi connectivity index (χ0n) is 13.8. The first kappa shape index (κ1) is 17.3. The molecule has 0 amide bonds. The van der Waals surface area contributed by atoms with Crippen molar-refractivity contribution in [3.05, 3.63) is 71.5 Å². The Bertz CT molecular complexity index is 1100. The molecule has 3 heterocycles. The van der Waals surface area contributed by atoms with Crippen LogP contribution >= 0.6 is 23.4 Å². The van der Waals surface area contributed by atoms with Crippen LogP contribution in [0, 0.1) is 11.3 Å². The zero-order chi connectivity index (χ0) is 18.6. The van der Waals surface area contributed by atoms with E-state index >= 15 is 0 Å². The maximum Gasteiger partial charge on any atom is 0.198 e. The molecule has 0 spiro atoms.